The number of aliphatic carboxylic acids is 1. The van der Waals surface area contributed by atoms with Crippen LogP contribution in [0.2, 0.25) is 5.02 Å². The molecule has 1 atom stereocenters. The molecule has 0 saturated carbocycles. The Morgan fingerprint density at radius 3 is 2.88 bits per heavy atom. The molecule has 1 rings (SSSR count). The van der Waals surface area contributed by atoms with Crippen LogP contribution in [0.5, 0.6) is 5.75 Å². The van der Waals surface area contributed by atoms with Crippen LogP contribution in [0.15, 0.2) is 18.2 Å². The zero-order valence-corrected chi connectivity index (χ0v) is 10.4. The van der Waals surface area contributed by atoms with Crippen molar-refractivity contribution in [2.45, 2.75) is 25.3 Å². The molecule has 17 heavy (non-hydrogen) atoms. The van der Waals surface area contributed by atoms with Crippen molar-refractivity contribution in [2.24, 2.45) is 5.73 Å². The van der Waals surface area contributed by atoms with Crippen molar-refractivity contribution < 1.29 is 14.6 Å². The Morgan fingerprint density at radius 1 is 1.59 bits per heavy atom. The van der Waals surface area contributed by atoms with Gasteiger partial charge in [0, 0.05) is 23.0 Å². The summed E-state index contributed by atoms with van der Waals surface area (Å²) in [5.74, 6) is -0.132. The van der Waals surface area contributed by atoms with E-state index in [4.69, 9.17) is 27.2 Å². The summed E-state index contributed by atoms with van der Waals surface area (Å²) in [5.41, 5.74) is 6.81. The van der Waals surface area contributed by atoms with E-state index in [9.17, 15) is 4.79 Å². The van der Waals surface area contributed by atoms with Crippen LogP contribution in [0.4, 0.5) is 0 Å². The third-order valence-corrected chi connectivity index (χ3v) is 2.73. The van der Waals surface area contributed by atoms with E-state index in [0.717, 1.165) is 5.56 Å². The number of methoxy groups -OCH3 is 1. The molecular formula is C12H16ClNO3. The molecule has 3 N–H and O–H groups in total. The van der Waals surface area contributed by atoms with Crippen LogP contribution >= 0.6 is 11.6 Å². The maximum Gasteiger partial charge on any atom is 0.303 e. The summed E-state index contributed by atoms with van der Waals surface area (Å²) in [5, 5.41) is 9.15. The summed E-state index contributed by atoms with van der Waals surface area (Å²) >= 11 is 5.90. The minimum atomic E-state index is -0.810. The average molecular weight is 258 g/mol. The first-order chi connectivity index (χ1) is 8.04. The van der Waals surface area contributed by atoms with E-state index in [1.807, 2.05) is 0 Å². The van der Waals surface area contributed by atoms with Crippen LogP contribution in [0.3, 0.4) is 0 Å². The quantitative estimate of drug-likeness (QED) is 0.822. The van der Waals surface area contributed by atoms with E-state index >= 15 is 0 Å². The number of ether oxygens (including phenoxy) is 1. The van der Waals surface area contributed by atoms with Crippen LogP contribution in [0.25, 0.3) is 0 Å². The third-order valence-electron chi connectivity index (χ3n) is 2.50. The molecule has 0 spiro atoms. The summed E-state index contributed by atoms with van der Waals surface area (Å²) in [6.45, 7) is 0. The maximum atomic E-state index is 10.4. The number of halogens is 1. The van der Waals surface area contributed by atoms with E-state index in [1.54, 1.807) is 25.3 Å². The first-order valence-corrected chi connectivity index (χ1v) is 5.73. The monoisotopic (exact) mass is 257 g/mol. The normalized spacial score (nSPS) is 12.2. The van der Waals surface area contributed by atoms with Crippen LogP contribution in [-0.4, -0.2) is 18.2 Å². The van der Waals surface area contributed by atoms with Crippen molar-refractivity contribution >= 4 is 17.6 Å². The third kappa shape index (κ3) is 4.24. The predicted octanol–water partition coefficient (Wildman–Crippen LogP) is 2.60. The van der Waals surface area contributed by atoms with Gasteiger partial charge in [-0.2, -0.15) is 0 Å². The molecule has 0 amide bonds. The van der Waals surface area contributed by atoms with Crippen LogP contribution < -0.4 is 10.5 Å². The molecule has 5 heteroatoms. The van der Waals surface area contributed by atoms with Gasteiger partial charge in [0.1, 0.15) is 5.75 Å². The second kappa shape index (κ2) is 6.47. The fourth-order valence-corrected chi connectivity index (χ4v) is 1.80. The van der Waals surface area contributed by atoms with Crippen LogP contribution in [0, 0.1) is 0 Å². The van der Waals surface area contributed by atoms with Gasteiger partial charge in [-0.1, -0.05) is 11.6 Å². The van der Waals surface area contributed by atoms with Crippen molar-refractivity contribution in [1.29, 1.82) is 0 Å². The highest BCUT2D eigenvalue weighted by Gasteiger charge is 2.13. The molecule has 0 aliphatic rings. The van der Waals surface area contributed by atoms with Crippen LogP contribution in [0.1, 0.15) is 30.9 Å². The Bertz CT molecular complexity index is 395. The van der Waals surface area contributed by atoms with Gasteiger partial charge in [0.25, 0.3) is 0 Å². The van der Waals surface area contributed by atoms with Crippen molar-refractivity contribution in [1.82, 2.24) is 0 Å². The Morgan fingerprint density at radius 2 is 2.29 bits per heavy atom. The number of nitrogens with two attached hydrogens (primary N) is 1. The minimum absolute atomic E-state index is 0.122. The highest BCUT2D eigenvalue weighted by atomic mass is 35.5. The zero-order chi connectivity index (χ0) is 12.8. The molecule has 94 valence electrons. The van der Waals surface area contributed by atoms with Gasteiger partial charge in [0.05, 0.1) is 7.11 Å². The van der Waals surface area contributed by atoms with Gasteiger partial charge >= 0.3 is 5.97 Å². The van der Waals surface area contributed by atoms with Gasteiger partial charge in [-0.15, -0.1) is 0 Å². The minimum Gasteiger partial charge on any atom is -0.496 e. The number of rotatable bonds is 6. The van der Waals surface area contributed by atoms with Crippen molar-refractivity contribution in [2.75, 3.05) is 7.11 Å². The average Bonchev–Trinajstić information content (AvgIpc) is 2.28. The number of carboxylic acids is 1. The molecule has 1 unspecified atom stereocenters. The molecule has 0 fully saturated rings. The Hall–Kier alpha value is -1.26. The lowest BCUT2D eigenvalue weighted by Gasteiger charge is -2.15. The Balaban J connectivity index is 2.69. The van der Waals surface area contributed by atoms with E-state index in [1.165, 1.54) is 0 Å². The van der Waals surface area contributed by atoms with E-state index in [2.05, 4.69) is 0 Å². The van der Waals surface area contributed by atoms with Gasteiger partial charge < -0.3 is 15.6 Å². The summed E-state index contributed by atoms with van der Waals surface area (Å²) in [7, 11) is 1.57. The largest absolute Gasteiger partial charge is 0.496 e. The number of hydrogen-bond donors (Lipinski definition) is 2. The van der Waals surface area contributed by atoms with Crippen molar-refractivity contribution in [3.63, 3.8) is 0 Å². The highest BCUT2D eigenvalue weighted by Crippen LogP contribution is 2.29. The van der Waals surface area contributed by atoms with Crippen LogP contribution in [-0.2, 0) is 4.79 Å². The van der Waals surface area contributed by atoms with E-state index in [0.29, 0.717) is 23.6 Å². The predicted molar refractivity (Wildman–Crippen MR) is 66.4 cm³/mol. The molecule has 0 radical (unpaired) electrons. The lowest BCUT2D eigenvalue weighted by Crippen LogP contribution is -2.12. The Kier molecular flexibility index (Phi) is 5.25. The molecule has 1 aromatic carbocycles. The fourth-order valence-electron chi connectivity index (χ4n) is 1.62. The molecular weight excluding hydrogens is 242 g/mol. The molecule has 0 aromatic heterocycles. The SMILES string of the molecule is COc1ccc(Cl)cc1C(N)CCCC(=O)O. The summed E-state index contributed by atoms with van der Waals surface area (Å²) in [4.78, 5) is 10.4. The standard InChI is InChI=1S/C12H16ClNO3/c1-17-11-6-5-8(13)7-9(11)10(14)3-2-4-12(15)16/h5-7,10H,2-4,14H2,1H3,(H,15,16). The molecule has 4 nitrogen and oxygen atoms in total. The zero-order valence-electron chi connectivity index (χ0n) is 9.65. The van der Waals surface area contributed by atoms with Gasteiger partial charge in [0.2, 0.25) is 0 Å². The number of carbonyl (C=O) groups is 1. The smallest absolute Gasteiger partial charge is 0.303 e. The lowest BCUT2D eigenvalue weighted by molar-refractivity contribution is -0.137. The topological polar surface area (TPSA) is 72.5 Å². The van der Waals surface area contributed by atoms with Crippen molar-refractivity contribution in [3.8, 4) is 5.75 Å². The second-order valence-corrected chi connectivity index (χ2v) is 4.22. The van der Waals surface area contributed by atoms with Crippen molar-refractivity contribution in [3.05, 3.63) is 28.8 Å². The molecule has 0 bridgehead atoms. The summed E-state index contributed by atoms with van der Waals surface area (Å²) < 4.78 is 5.19. The summed E-state index contributed by atoms with van der Waals surface area (Å²) in [6, 6.07) is 4.98. The fraction of sp³-hybridized carbons (Fsp3) is 0.417. The molecule has 1 aromatic rings. The van der Waals surface area contributed by atoms with Gasteiger partial charge in [-0.05, 0) is 31.0 Å². The highest BCUT2D eigenvalue weighted by molar-refractivity contribution is 6.30. The molecule has 0 heterocycles. The maximum absolute atomic E-state index is 10.4. The first kappa shape index (κ1) is 13.8. The number of hydrogen-bond acceptors (Lipinski definition) is 3. The van der Waals surface area contributed by atoms with Gasteiger partial charge in [-0.3, -0.25) is 4.79 Å². The molecule has 0 aliphatic heterocycles. The molecule has 0 aliphatic carbocycles. The lowest BCUT2D eigenvalue weighted by atomic mass is 10.0. The second-order valence-electron chi connectivity index (χ2n) is 3.78. The summed E-state index contributed by atoms with van der Waals surface area (Å²) in [6.07, 6.45) is 1.24. The Labute approximate surface area is 105 Å². The van der Waals surface area contributed by atoms with E-state index < -0.39 is 5.97 Å². The molecule has 0 saturated heterocycles. The van der Waals surface area contributed by atoms with Gasteiger partial charge in [0.15, 0.2) is 0 Å². The van der Waals surface area contributed by atoms with Gasteiger partial charge in [-0.25, -0.2) is 0 Å². The van der Waals surface area contributed by atoms with E-state index in [-0.39, 0.29) is 12.5 Å². The first-order valence-electron chi connectivity index (χ1n) is 5.35. The number of benzene rings is 1. The number of carboxylic acid groups (broad SMARTS) is 1.